The van der Waals surface area contributed by atoms with Crippen LogP contribution in [0.5, 0.6) is 11.5 Å². The Morgan fingerprint density at radius 2 is 1.05 bits per heavy atom. The molecule has 3 heterocycles. The molecular formula is C53H33NOS2. The van der Waals surface area contributed by atoms with Gasteiger partial charge in [0.25, 0.3) is 0 Å². The molecule has 0 atom stereocenters. The molecule has 1 aromatic heterocycles. The van der Waals surface area contributed by atoms with Crippen LogP contribution in [0.15, 0.2) is 210 Å². The smallest absolute Gasteiger partial charge is 0.134 e. The molecule has 0 saturated carbocycles. The topological polar surface area (TPSA) is 12.5 Å². The van der Waals surface area contributed by atoms with Crippen molar-refractivity contribution in [1.29, 1.82) is 0 Å². The molecule has 0 radical (unpaired) electrons. The van der Waals surface area contributed by atoms with Crippen molar-refractivity contribution in [3.8, 4) is 22.6 Å². The zero-order chi connectivity index (χ0) is 37.5. The third-order valence-electron chi connectivity index (χ3n) is 11.8. The second-order valence-electron chi connectivity index (χ2n) is 14.8. The molecule has 0 fully saturated rings. The van der Waals surface area contributed by atoms with Gasteiger partial charge in [-0.05, 0) is 81.6 Å². The Bertz CT molecular complexity index is 3150. The number of ether oxygens (including phenoxy) is 1. The van der Waals surface area contributed by atoms with Crippen molar-refractivity contribution in [3.63, 3.8) is 0 Å². The molecular weight excluding hydrogens is 731 g/mol. The monoisotopic (exact) mass is 763 g/mol. The second-order valence-corrected chi connectivity index (χ2v) is 16.9. The van der Waals surface area contributed by atoms with Gasteiger partial charge in [0.05, 0.1) is 15.8 Å². The number of benzene rings is 9. The molecule has 2 nitrogen and oxygen atoms in total. The number of hydrogen-bond donors (Lipinski definition) is 0. The summed E-state index contributed by atoms with van der Waals surface area (Å²) in [5.41, 5.74) is 10.0. The van der Waals surface area contributed by atoms with Crippen LogP contribution >= 0.6 is 23.1 Å². The molecule has 268 valence electrons. The zero-order valence-corrected chi connectivity index (χ0v) is 32.4. The molecule has 10 aromatic rings. The summed E-state index contributed by atoms with van der Waals surface area (Å²) in [5.74, 6) is 1.75. The van der Waals surface area contributed by atoms with Gasteiger partial charge >= 0.3 is 0 Å². The molecule has 0 N–H and O–H groups in total. The van der Waals surface area contributed by atoms with Crippen LogP contribution in [0.1, 0.15) is 22.3 Å². The van der Waals surface area contributed by atoms with Crippen LogP contribution in [0.25, 0.3) is 42.1 Å². The second kappa shape index (κ2) is 12.7. The van der Waals surface area contributed by atoms with Gasteiger partial charge in [-0.3, -0.25) is 0 Å². The number of thiophene rings is 1. The maximum atomic E-state index is 7.02. The highest BCUT2D eigenvalue weighted by Gasteiger charge is 2.49. The average molecular weight is 764 g/mol. The lowest BCUT2D eigenvalue weighted by atomic mass is 9.63. The largest absolute Gasteiger partial charge is 0.457 e. The standard InChI is InChI=1S/C53H33NOS2/c1-2-15-38-34(13-1)14-11-17-39(38)35-27-29-36(30-28-35)54(46-22-12-18-41-40-16-3-8-24-49(40)57-52(41)46)37-31-32-43-48(33-37)55-47-23-7-4-19-42(47)53(43)44-20-5-9-25-50(44)56-51-26-10-6-21-45(51)53/h1-33H. The summed E-state index contributed by atoms with van der Waals surface area (Å²) in [7, 11) is 0. The first-order chi connectivity index (χ1) is 28.3. The van der Waals surface area contributed by atoms with Gasteiger partial charge < -0.3 is 9.64 Å². The van der Waals surface area contributed by atoms with Crippen molar-refractivity contribution in [2.45, 2.75) is 15.2 Å². The van der Waals surface area contributed by atoms with Gasteiger partial charge in [-0.2, -0.15) is 0 Å². The number of para-hydroxylation sites is 1. The number of anilines is 3. The van der Waals surface area contributed by atoms with E-state index in [1.54, 1.807) is 0 Å². The lowest BCUT2D eigenvalue weighted by molar-refractivity contribution is 0.431. The SMILES string of the molecule is c1ccc2c(c1)Oc1cc(N(c3ccc(-c4cccc5ccccc45)cc3)c3cccc4c3sc3ccccc34)ccc1C21c2ccccc2Sc2ccccc21. The van der Waals surface area contributed by atoms with Gasteiger partial charge in [0.2, 0.25) is 0 Å². The first-order valence-electron chi connectivity index (χ1n) is 19.3. The summed E-state index contributed by atoms with van der Waals surface area (Å²) in [6.45, 7) is 0. The van der Waals surface area contributed by atoms with Crippen molar-refractivity contribution in [2.75, 3.05) is 4.90 Å². The Morgan fingerprint density at radius 1 is 0.439 bits per heavy atom. The van der Waals surface area contributed by atoms with Gasteiger partial charge in [0.15, 0.2) is 0 Å². The molecule has 0 unspecified atom stereocenters. The highest BCUT2D eigenvalue weighted by Crippen LogP contribution is 2.62. The van der Waals surface area contributed by atoms with Crippen LogP contribution in [-0.2, 0) is 5.41 Å². The van der Waals surface area contributed by atoms with Gasteiger partial charge in [-0.25, -0.2) is 0 Å². The molecule has 0 amide bonds. The van der Waals surface area contributed by atoms with Crippen molar-refractivity contribution in [1.82, 2.24) is 0 Å². The molecule has 1 spiro atoms. The Balaban J connectivity index is 1.09. The number of hydrogen-bond acceptors (Lipinski definition) is 4. The number of rotatable bonds is 4. The van der Waals surface area contributed by atoms with Crippen LogP contribution in [-0.4, -0.2) is 0 Å². The highest BCUT2D eigenvalue weighted by molar-refractivity contribution is 7.99. The summed E-state index contributed by atoms with van der Waals surface area (Å²) >= 11 is 3.71. The lowest BCUT2D eigenvalue weighted by Gasteiger charge is -2.45. The van der Waals surface area contributed by atoms with E-state index in [2.05, 4.69) is 205 Å². The normalized spacial score (nSPS) is 13.5. The molecule has 2 aliphatic heterocycles. The molecule has 9 aromatic carbocycles. The van der Waals surface area contributed by atoms with E-state index < -0.39 is 5.41 Å². The fourth-order valence-electron chi connectivity index (χ4n) is 9.35. The van der Waals surface area contributed by atoms with Gasteiger partial charge in [-0.1, -0.05) is 157 Å². The molecule has 0 bridgehead atoms. The van der Waals surface area contributed by atoms with E-state index in [1.807, 2.05) is 23.1 Å². The average Bonchev–Trinajstić information content (AvgIpc) is 3.66. The fourth-order valence-corrected chi connectivity index (χ4v) is 11.7. The van der Waals surface area contributed by atoms with Crippen LogP contribution in [0.2, 0.25) is 0 Å². The van der Waals surface area contributed by atoms with Crippen LogP contribution in [0, 0.1) is 0 Å². The minimum absolute atomic E-state index is 0.544. The summed E-state index contributed by atoms with van der Waals surface area (Å²) in [5, 5.41) is 5.04. The summed E-state index contributed by atoms with van der Waals surface area (Å²) in [4.78, 5) is 4.96. The van der Waals surface area contributed by atoms with E-state index in [0.717, 1.165) is 34.1 Å². The van der Waals surface area contributed by atoms with Gasteiger partial charge in [-0.15, -0.1) is 11.3 Å². The van der Waals surface area contributed by atoms with E-state index >= 15 is 0 Å². The Kier molecular flexibility index (Phi) is 7.28. The highest BCUT2D eigenvalue weighted by atomic mass is 32.2. The zero-order valence-electron chi connectivity index (χ0n) is 30.7. The molecule has 4 heteroatoms. The van der Waals surface area contributed by atoms with Gasteiger partial charge in [0, 0.05) is 53.8 Å². The summed E-state index contributed by atoms with van der Waals surface area (Å²) in [6, 6.07) is 73.0. The molecule has 0 saturated heterocycles. The summed E-state index contributed by atoms with van der Waals surface area (Å²) in [6.07, 6.45) is 0. The van der Waals surface area contributed by atoms with E-state index in [9.17, 15) is 0 Å². The van der Waals surface area contributed by atoms with Crippen molar-refractivity contribution in [3.05, 3.63) is 222 Å². The van der Waals surface area contributed by atoms with Crippen molar-refractivity contribution < 1.29 is 4.74 Å². The minimum Gasteiger partial charge on any atom is -0.457 e. The predicted octanol–water partition coefficient (Wildman–Crippen LogP) is 15.3. The molecule has 0 aliphatic carbocycles. The van der Waals surface area contributed by atoms with E-state index in [-0.39, 0.29) is 0 Å². The van der Waals surface area contributed by atoms with Crippen LogP contribution in [0.3, 0.4) is 0 Å². The predicted molar refractivity (Wildman–Crippen MR) is 239 cm³/mol. The van der Waals surface area contributed by atoms with Crippen molar-refractivity contribution in [2.24, 2.45) is 0 Å². The maximum absolute atomic E-state index is 7.02. The third-order valence-corrected chi connectivity index (χ3v) is 14.2. The summed E-state index contributed by atoms with van der Waals surface area (Å²) < 4.78 is 9.56. The Labute approximate surface area is 339 Å². The van der Waals surface area contributed by atoms with Crippen LogP contribution < -0.4 is 9.64 Å². The lowest BCUT2D eigenvalue weighted by Crippen LogP contribution is -2.36. The van der Waals surface area contributed by atoms with Gasteiger partial charge in [0.1, 0.15) is 11.5 Å². The molecule has 2 aliphatic rings. The Morgan fingerprint density at radius 3 is 1.88 bits per heavy atom. The first-order valence-corrected chi connectivity index (χ1v) is 21.0. The van der Waals surface area contributed by atoms with E-state index in [4.69, 9.17) is 4.74 Å². The van der Waals surface area contributed by atoms with E-state index in [0.29, 0.717) is 0 Å². The Hall–Kier alpha value is -6.59. The van der Waals surface area contributed by atoms with Crippen LogP contribution in [0.4, 0.5) is 17.1 Å². The maximum Gasteiger partial charge on any atom is 0.134 e. The number of fused-ring (bicyclic) bond motifs is 12. The molecule has 12 rings (SSSR count). The minimum atomic E-state index is -0.544. The first kappa shape index (κ1) is 32.6. The van der Waals surface area contributed by atoms with Crippen molar-refractivity contribution >= 4 is 71.1 Å². The third kappa shape index (κ3) is 4.84. The quantitative estimate of drug-likeness (QED) is 0.177. The fraction of sp³-hybridized carbons (Fsp3) is 0.0189. The van der Waals surface area contributed by atoms with E-state index in [1.165, 1.54) is 68.6 Å². The number of nitrogens with zero attached hydrogens (tertiary/aromatic N) is 1. The molecule has 57 heavy (non-hydrogen) atoms.